The number of likely N-dealkylation sites (N-methyl/N-ethyl adjacent to an activating group) is 1. The minimum atomic E-state index is 0.0303. The van der Waals surface area contributed by atoms with Gasteiger partial charge in [-0.15, -0.1) is 0 Å². The smallest absolute Gasteiger partial charge is 0.317 e. The Morgan fingerprint density at radius 1 is 1.55 bits per heavy atom. The molecule has 1 fully saturated rings. The molecule has 1 saturated heterocycles. The second-order valence-electron chi connectivity index (χ2n) is 2.78. The number of carbonyl (C=O) groups is 1. The lowest BCUT2D eigenvalue weighted by atomic mass is 10.3. The Labute approximate surface area is 66.9 Å². The van der Waals surface area contributed by atoms with Crippen LogP contribution in [0.4, 0.5) is 4.79 Å². The normalized spacial score (nSPS) is 23.8. The van der Waals surface area contributed by atoms with E-state index in [0.29, 0.717) is 6.04 Å². The van der Waals surface area contributed by atoms with Gasteiger partial charge in [0.05, 0.1) is 0 Å². The van der Waals surface area contributed by atoms with Crippen LogP contribution in [0.5, 0.6) is 0 Å². The van der Waals surface area contributed by atoms with Crippen LogP contribution in [0.1, 0.15) is 6.42 Å². The molecule has 4 nitrogen and oxygen atoms in total. The fourth-order valence-electron chi connectivity index (χ4n) is 1.34. The molecular formula is C7H15N3O. The molecule has 1 aliphatic rings. The molecule has 0 saturated carbocycles. The summed E-state index contributed by atoms with van der Waals surface area (Å²) in [5.74, 6) is 0. The molecule has 0 aromatic heterocycles. The van der Waals surface area contributed by atoms with E-state index in [4.69, 9.17) is 0 Å². The zero-order valence-corrected chi connectivity index (χ0v) is 7.05. The van der Waals surface area contributed by atoms with Crippen LogP contribution in [0.15, 0.2) is 0 Å². The van der Waals surface area contributed by atoms with Gasteiger partial charge in [-0.05, 0) is 13.5 Å². The van der Waals surface area contributed by atoms with Crippen LogP contribution in [-0.2, 0) is 0 Å². The van der Waals surface area contributed by atoms with Gasteiger partial charge in [0.2, 0.25) is 0 Å². The molecule has 1 aliphatic heterocycles. The minimum absolute atomic E-state index is 0.0303. The summed E-state index contributed by atoms with van der Waals surface area (Å²) in [6, 6.07) is 0.509. The van der Waals surface area contributed by atoms with Crippen molar-refractivity contribution in [2.24, 2.45) is 0 Å². The van der Waals surface area contributed by atoms with E-state index in [9.17, 15) is 4.79 Å². The van der Waals surface area contributed by atoms with Crippen molar-refractivity contribution < 1.29 is 4.79 Å². The van der Waals surface area contributed by atoms with Crippen LogP contribution >= 0.6 is 0 Å². The standard InChI is InChI=1S/C7H15N3O/c1-8-6-3-4-10(5-6)7(11)9-2/h6,8H,3-5H2,1-2H3,(H,9,11)/t6-/m1/s1. The topological polar surface area (TPSA) is 44.4 Å². The first-order valence-corrected chi connectivity index (χ1v) is 3.92. The molecule has 0 aromatic carbocycles. The molecule has 1 rings (SSSR count). The molecule has 2 N–H and O–H groups in total. The molecule has 0 unspecified atom stereocenters. The number of carbonyl (C=O) groups excluding carboxylic acids is 1. The number of hydrogen-bond acceptors (Lipinski definition) is 2. The molecule has 0 aliphatic carbocycles. The van der Waals surface area contributed by atoms with Crippen LogP contribution < -0.4 is 10.6 Å². The van der Waals surface area contributed by atoms with Gasteiger partial charge < -0.3 is 15.5 Å². The number of amides is 2. The van der Waals surface area contributed by atoms with Crippen molar-refractivity contribution in [3.63, 3.8) is 0 Å². The number of urea groups is 1. The van der Waals surface area contributed by atoms with Gasteiger partial charge in [-0.2, -0.15) is 0 Å². The molecule has 2 amide bonds. The van der Waals surface area contributed by atoms with Crippen molar-refractivity contribution in [2.75, 3.05) is 27.2 Å². The zero-order chi connectivity index (χ0) is 8.27. The monoisotopic (exact) mass is 157 g/mol. The molecule has 1 atom stereocenters. The highest BCUT2D eigenvalue weighted by Crippen LogP contribution is 2.07. The van der Waals surface area contributed by atoms with Gasteiger partial charge in [0.25, 0.3) is 0 Å². The Kier molecular flexibility index (Phi) is 2.70. The average Bonchev–Trinajstić information content (AvgIpc) is 2.50. The predicted molar refractivity (Wildman–Crippen MR) is 43.5 cm³/mol. The summed E-state index contributed by atoms with van der Waals surface area (Å²) in [5, 5.41) is 5.76. The van der Waals surface area contributed by atoms with Crippen molar-refractivity contribution in [3.8, 4) is 0 Å². The van der Waals surface area contributed by atoms with Gasteiger partial charge in [-0.1, -0.05) is 0 Å². The quantitative estimate of drug-likeness (QED) is 0.545. The van der Waals surface area contributed by atoms with E-state index in [1.54, 1.807) is 7.05 Å². The van der Waals surface area contributed by atoms with E-state index in [1.807, 2.05) is 11.9 Å². The van der Waals surface area contributed by atoms with Crippen molar-refractivity contribution in [1.29, 1.82) is 0 Å². The van der Waals surface area contributed by atoms with Crippen molar-refractivity contribution in [3.05, 3.63) is 0 Å². The second-order valence-corrected chi connectivity index (χ2v) is 2.78. The molecular weight excluding hydrogens is 142 g/mol. The van der Waals surface area contributed by atoms with E-state index < -0.39 is 0 Å². The fourth-order valence-corrected chi connectivity index (χ4v) is 1.34. The predicted octanol–water partition coefficient (Wildman–Crippen LogP) is -0.380. The Morgan fingerprint density at radius 3 is 2.73 bits per heavy atom. The largest absolute Gasteiger partial charge is 0.341 e. The Bertz CT molecular complexity index is 149. The van der Waals surface area contributed by atoms with E-state index in [1.165, 1.54) is 0 Å². The number of rotatable bonds is 1. The summed E-state index contributed by atoms with van der Waals surface area (Å²) in [6.45, 7) is 1.70. The van der Waals surface area contributed by atoms with Crippen molar-refractivity contribution in [2.45, 2.75) is 12.5 Å². The van der Waals surface area contributed by atoms with E-state index in [0.717, 1.165) is 19.5 Å². The second kappa shape index (κ2) is 3.57. The summed E-state index contributed by atoms with van der Waals surface area (Å²) < 4.78 is 0. The summed E-state index contributed by atoms with van der Waals surface area (Å²) in [4.78, 5) is 12.9. The lowest BCUT2D eigenvalue weighted by molar-refractivity contribution is 0.210. The first-order valence-electron chi connectivity index (χ1n) is 3.92. The van der Waals surface area contributed by atoms with Crippen LogP contribution in [0, 0.1) is 0 Å². The molecule has 11 heavy (non-hydrogen) atoms. The lowest BCUT2D eigenvalue weighted by Gasteiger charge is -2.14. The third-order valence-corrected chi connectivity index (χ3v) is 2.10. The van der Waals surface area contributed by atoms with E-state index >= 15 is 0 Å². The molecule has 0 spiro atoms. The maximum atomic E-state index is 11.1. The highest BCUT2D eigenvalue weighted by molar-refractivity contribution is 5.74. The first-order chi connectivity index (χ1) is 5.27. The molecule has 0 aromatic rings. The van der Waals surface area contributed by atoms with Gasteiger partial charge >= 0.3 is 6.03 Å². The molecule has 0 radical (unpaired) electrons. The molecule has 64 valence electrons. The highest BCUT2D eigenvalue weighted by atomic mass is 16.2. The van der Waals surface area contributed by atoms with Gasteiger partial charge in [0.15, 0.2) is 0 Å². The van der Waals surface area contributed by atoms with Crippen molar-refractivity contribution in [1.82, 2.24) is 15.5 Å². The van der Waals surface area contributed by atoms with Gasteiger partial charge in [-0.25, -0.2) is 4.79 Å². The average molecular weight is 157 g/mol. The highest BCUT2D eigenvalue weighted by Gasteiger charge is 2.23. The minimum Gasteiger partial charge on any atom is -0.341 e. The van der Waals surface area contributed by atoms with Gasteiger partial charge in [0, 0.05) is 26.2 Å². The van der Waals surface area contributed by atoms with E-state index in [-0.39, 0.29) is 6.03 Å². The molecule has 1 heterocycles. The van der Waals surface area contributed by atoms with Crippen LogP contribution in [0.25, 0.3) is 0 Å². The third-order valence-electron chi connectivity index (χ3n) is 2.10. The van der Waals surface area contributed by atoms with E-state index in [2.05, 4.69) is 10.6 Å². The summed E-state index contributed by atoms with van der Waals surface area (Å²) in [5.41, 5.74) is 0. The van der Waals surface area contributed by atoms with Gasteiger partial charge in [0.1, 0.15) is 0 Å². The number of nitrogens with one attached hydrogen (secondary N) is 2. The third kappa shape index (κ3) is 1.83. The lowest BCUT2D eigenvalue weighted by Crippen LogP contribution is -2.38. The zero-order valence-electron chi connectivity index (χ0n) is 7.05. The van der Waals surface area contributed by atoms with Gasteiger partial charge in [-0.3, -0.25) is 0 Å². The fraction of sp³-hybridized carbons (Fsp3) is 0.857. The SMILES string of the molecule is CNC(=O)N1CC[C@@H](NC)C1. The number of nitrogens with zero attached hydrogens (tertiary/aromatic N) is 1. The van der Waals surface area contributed by atoms with Crippen LogP contribution in [0.2, 0.25) is 0 Å². The Hall–Kier alpha value is -0.770. The summed E-state index contributed by atoms with van der Waals surface area (Å²) in [6.07, 6.45) is 1.06. The Balaban J connectivity index is 2.35. The van der Waals surface area contributed by atoms with Crippen LogP contribution in [-0.4, -0.2) is 44.2 Å². The number of hydrogen-bond donors (Lipinski definition) is 2. The maximum absolute atomic E-state index is 11.1. The number of likely N-dealkylation sites (tertiary alicyclic amines) is 1. The van der Waals surface area contributed by atoms with Crippen LogP contribution in [0.3, 0.4) is 0 Å². The Morgan fingerprint density at radius 2 is 2.27 bits per heavy atom. The molecule has 0 bridgehead atoms. The first kappa shape index (κ1) is 8.33. The summed E-state index contributed by atoms with van der Waals surface area (Å²) in [7, 11) is 3.59. The molecule has 4 heteroatoms. The summed E-state index contributed by atoms with van der Waals surface area (Å²) >= 11 is 0. The maximum Gasteiger partial charge on any atom is 0.317 e. The van der Waals surface area contributed by atoms with Crippen molar-refractivity contribution >= 4 is 6.03 Å².